The Bertz CT molecular complexity index is 1260. The summed E-state index contributed by atoms with van der Waals surface area (Å²) >= 11 is 6.39. The highest BCUT2D eigenvalue weighted by Crippen LogP contribution is 2.38. The summed E-state index contributed by atoms with van der Waals surface area (Å²) in [6.45, 7) is 2.35. The number of methoxy groups -OCH3 is 1. The van der Waals surface area contributed by atoms with Gasteiger partial charge in [-0.05, 0) is 49.2 Å². The van der Waals surface area contributed by atoms with E-state index in [0.717, 1.165) is 17.0 Å². The van der Waals surface area contributed by atoms with Crippen LogP contribution in [0.15, 0.2) is 36.4 Å². The molecule has 7 nitrogen and oxygen atoms in total. The van der Waals surface area contributed by atoms with Gasteiger partial charge >= 0.3 is 0 Å². The van der Waals surface area contributed by atoms with Crippen molar-refractivity contribution in [2.45, 2.75) is 25.8 Å². The topological polar surface area (TPSA) is 90.4 Å². The second kappa shape index (κ2) is 8.86. The zero-order valence-corrected chi connectivity index (χ0v) is 19.3. The van der Waals surface area contributed by atoms with E-state index in [1.54, 1.807) is 40.9 Å². The third-order valence-corrected chi connectivity index (χ3v) is 6.32. The Balaban J connectivity index is 1.70. The summed E-state index contributed by atoms with van der Waals surface area (Å²) in [6.07, 6.45) is 0.489. The predicted molar refractivity (Wildman–Crippen MR) is 123 cm³/mol. The van der Waals surface area contributed by atoms with Crippen LogP contribution in [0.1, 0.15) is 40.1 Å². The van der Waals surface area contributed by atoms with Gasteiger partial charge in [-0.25, -0.2) is 4.39 Å². The number of nitrogens with two attached hydrogens (primary N) is 1. The van der Waals surface area contributed by atoms with E-state index in [0.29, 0.717) is 35.4 Å². The number of rotatable bonds is 5. The maximum Gasteiger partial charge on any atom is 0.256 e. The summed E-state index contributed by atoms with van der Waals surface area (Å²) < 4.78 is 21.2. The van der Waals surface area contributed by atoms with Crippen molar-refractivity contribution in [2.75, 3.05) is 13.7 Å². The van der Waals surface area contributed by atoms with Crippen LogP contribution in [-0.2, 0) is 24.7 Å². The first-order valence-corrected chi connectivity index (χ1v) is 10.9. The van der Waals surface area contributed by atoms with Crippen molar-refractivity contribution in [3.63, 3.8) is 0 Å². The molecule has 1 aliphatic heterocycles. The molecule has 0 saturated heterocycles. The fourth-order valence-electron chi connectivity index (χ4n) is 4.46. The van der Waals surface area contributed by atoms with E-state index in [1.807, 2.05) is 6.92 Å². The summed E-state index contributed by atoms with van der Waals surface area (Å²) in [5.74, 6) is -0.755. The van der Waals surface area contributed by atoms with E-state index in [9.17, 15) is 14.0 Å². The van der Waals surface area contributed by atoms with Crippen LogP contribution in [0.2, 0.25) is 5.02 Å². The van der Waals surface area contributed by atoms with Crippen LogP contribution in [-0.4, -0.2) is 40.1 Å². The number of primary amides is 1. The van der Waals surface area contributed by atoms with Crippen molar-refractivity contribution in [3.8, 4) is 17.0 Å². The third-order valence-electron chi connectivity index (χ3n) is 5.93. The van der Waals surface area contributed by atoms with Gasteiger partial charge in [0.2, 0.25) is 5.91 Å². The number of carbonyl (C=O) groups excluding carboxylic acids is 2. The number of aryl methyl sites for hydroxylation is 1. The van der Waals surface area contributed by atoms with Gasteiger partial charge in [-0.1, -0.05) is 17.7 Å². The van der Waals surface area contributed by atoms with E-state index in [-0.39, 0.29) is 23.4 Å². The highest BCUT2D eigenvalue weighted by molar-refractivity contribution is 6.35. The van der Waals surface area contributed by atoms with E-state index >= 15 is 0 Å². The third kappa shape index (κ3) is 4.18. The lowest BCUT2D eigenvalue weighted by molar-refractivity contribution is -0.117. The quantitative estimate of drug-likeness (QED) is 0.616. The minimum absolute atomic E-state index is 0.0508. The highest BCUT2D eigenvalue weighted by atomic mass is 35.5. The molecule has 0 radical (unpaired) electrons. The molecule has 0 unspecified atom stereocenters. The number of carbonyl (C=O) groups is 2. The van der Waals surface area contributed by atoms with Crippen LogP contribution in [0, 0.1) is 5.82 Å². The van der Waals surface area contributed by atoms with Gasteiger partial charge < -0.3 is 15.4 Å². The van der Waals surface area contributed by atoms with Gasteiger partial charge in [0.15, 0.2) is 0 Å². The van der Waals surface area contributed by atoms with Gasteiger partial charge in [0.25, 0.3) is 5.91 Å². The molecule has 0 aliphatic carbocycles. The normalized spacial score (nSPS) is 15.3. The first-order chi connectivity index (χ1) is 15.7. The summed E-state index contributed by atoms with van der Waals surface area (Å²) in [4.78, 5) is 26.4. The Morgan fingerprint density at radius 3 is 2.76 bits per heavy atom. The summed E-state index contributed by atoms with van der Waals surface area (Å²) in [7, 11) is 3.28. The van der Waals surface area contributed by atoms with Crippen molar-refractivity contribution >= 4 is 23.4 Å². The molecule has 2 amide bonds. The number of amides is 2. The summed E-state index contributed by atoms with van der Waals surface area (Å²) in [6, 6.07) is 9.26. The van der Waals surface area contributed by atoms with Crippen LogP contribution in [0.3, 0.4) is 0 Å². The first-order valence-electron chi connectivity index (χ1n) is 10.5. The molecule has 0 fully saturated rings. The summed E-state index contributed by atoms with van der Waals surface area (Å²) in [5, 5.41) is 4.93. The standard InChI is InChI=1S/C24H24ClFN4O3/c1-13-22-18(7-8-30(13)24(32)17-5-4-6-19(33-3)21(17)25)23(29(2)28-22)15-9-14(11-20(27)31)10-16(26)12-15/h4-6,9-10,12-13H,7-8,11H2,1-3H3,(H2,27,31)/t13-/m0/s1. The molecule has 172 valence electrons. The molecular formula is C24H24ClFN4O3. The van der Waals surface area contributed by atoms with E-state index in [1.165, 1.54) is 19.2 Å². The molecule has 1 aromatic heterocycles. The lowest BCUT2D eigenvalue weighted by atomic mass is 9.94. The lowest BCUT2D eigenvalue weighted by Crippen LogP contribution is -2.39. The lowest BCUT2D eigenvalue weighted by Gasteiger charge is -2.33. The molecule has 4 rings (SSSR count). The first kappa shape index (κ1) is 22.8. The maximum absolute atomic E-state index is 14.3. The average molecular weight is 471 g/mol. The zero-order valence-electron chi connectivity index (χ0n) is 18.6. The molecule has 2 aromatic carbocycles. The van der Waals surface area contributed by atoms with Crippen LogP contribution in [0.4, 0.5) is 4.39 Å². The van der Waals surface area contributed by atoms with Crippen LogP contribution in [0.25, 0.3) is 11.3 Å². The van der Waals surface area contributed by atoms with Crippen molar-refractivity contribution in [2.24, 2.45) is 12.8 Å². The Morgan fingerprint density at radius 1 is 1.30 bits per heavy atom. The van der Waals surface area contributed by atoms with Crippen molar-refractivity contribution < 1.29 is 18.7 Å². The van der Waals surface area contributed by atoms with E-state index in [2.05, 4.69) is 5.10 Å². The number of ether oxygens (including phenoxy) is 1. The maximum atomic E-state index is 14.3. The van der Waals surface area contributed by atoms with Gasteiger partial charge in [0, 0.05) is 24.7 Å². The molecule has 1 aliphatic rings. The molecule has 3 aromatic rings. The molecule has 0 spiro atoms. The van der Waals surface area contributed by atoms with Crippen molar-refractivity contribution in [1.29, 1.82) is 0 Å². The van der Waals surface area contributed by atoms with Gasteiger partial charge in [0.05, 0.1) is 41.5 Å². The monoisotopic (exact) mass is 470 g/mol. The molecule has 9 heteroatoms. The van der Waals surface area contributed by atoms with E-state index < -0.39 is 11.7 Å². The molecule has 0 saturated carbocycles. The molecule has 1 atom stereocenters. The SMILES string of the molecule is COc1cccc(C(=O)N2CCc3c(nn(C)c3-c3cc(F)cc(CC(N)=O)c3)[C@@H]2C)c1Cl. The van der Waals surface area contributed by atoms with E-state index in [4.69, 9.17) is 22.1 Å². The zero-order chi connectivity index (χ0) is 23.9. The Morgan fingerprint density at radius 2 is 2.06 bits per heavy atom. The van der Waals surface area contributed by atoms with Crippen molar-refractivity contribution in [1.82, 2.24) is 14.7 Å². The van der Waals surface area contributed by atoms with Gasteiger partial charge in [-0.3, -0.25) is 14.3 Å². The smallest absolute Gasteiger partial charge is 0.256 e. The number of aromatic nitrogens is 2. The second-order valence-corrected chi connectivity index (χ2v) is 8.45. The van der Waals surface area contributed by atoms with Gasteiger partial charge in [-0.15, -0.1) is 0 Å². The second-order valence-electron chi connectivity index (χ2n) is 8.07. The molecule has 2 heterocycles. The largest absolute Gasteiger partial charge is 0.495 e. The van der Waals surface area contributed by atoms with Crippen LogP contribution >= 0.6 is 11.6 Å². The molecule has 0 bridgehead atoms. The molecule has 33 heavy (non-hydrogen) atoms. The fraction of sp³-hybridized carbons (Fsp3) is 0.292. The van der Waals surface area contributed by atoms with Crippen molar-refractivity contribution in [3.05, 3.63) is 69.6 Å². The van der Waals surface area contributed by atoms with Crippen LogP contribution < -0.4 is 10.5 Å². The minimum Gasteiger partial charge on any atom is -0.495 e. The Hall–Kier alpha value is -3.39. The number of benzene rings is 2. The Kier molecular flexibility index (Phi) is 6.12. The van der Waals surface area contributed by atoms with Gasteiger partial charge in [-0.2, -0.15) is 5.10 Å². The number of hydrogen-bond acceptors (Lipinski definition) is 4. The number of hydrogen-bond donors (Lipinski definition) is 1. The van der Waals surface area contributed by atoms with Crippen LogP contribution in [0.5, 0.6) is 5.75 Å². The average Bonchev–Trinajstić information content (AvgIpc) is 3.09. The Labute approximate surface area is 195 Å². The number of fused-ring (bicyclic) bond motifs is 1. The highest BCUT2D eigenvalue weighted by Gasteiger charge is 2.34. The summed E-state index contributed by atoms with van der Waals surface area (Å²) in [5.41, 5.74) is 9.22. The fourth-order valence-corrected chi connectivity index (χ4v) is 4.75. The minimum atomic E-state index is -0.530. The van der Waals surface area contributed by atoms with Gasteiger partial charge in [0.1, 0.15) is 11.6 Å². The number of nitrogens with zero attached hydrogens (tertiary/aromatic N) is 3. The number of halogens is 2. The molecule has 2 N–H and O–H groups in total. The molecular weight excluding hydrogens is 447 g/mol. The predicted octanol–water partition coefficient (Wildman–Crippen LogP) is 3.68.